The van der Waals surface area contributed by atoms with Crippen LogP contribution in [0.3, 0.4) is 0 Å². The number of rotatable bonds is 3. The molecule has 0 atom stereocenters. The Hall–Kier alpha value is -3.00. The van der Waals surface area contributed by atoms with E-state index in [-0.39, 0.29) is 11.9 Å². The van der Waals surface area contributed by atoms with Gasteiger partial charge in [0, 0.05) is 63.7 Å². The van der Waals surface area contributed by atoms with Gasteiger partial charge in [-0.05, 0) is 43.4 Å². The Labute approximate surface area is 170 Å². The predicted octanol–water partition coefficient (Wildman–Crippen LogP) is 2.02. The van der Waals surface area contributed by atoms with Crippen LogP contribution in [0, 0.1) is 0 Å². The maximum Gasteiger partial charge on any atom is 0.321 e. The third-order valence-corrected chi connectivity index (χ3v) is 5.57. The van der Waals surface area contributed by atoms with Gasteiger partial charge in [-0.15, -0.1) is 0 Å². The van der Waals surface area contributed by atoms with Gasteiger partial charge >= 0.3 is 6.03 Å². The molecule has 0 aliphatic carbocycles. The van der Waals surface area contributed by atoms with Gasteiger partial charge in [-0.1, -0.05) is 0 Å². The molecule has 3 amide bonds. The number of amides is 3. The highest BCUT2D eigenvalue weighted by atomic mass is 16.3. The number of nitrogens with one attached hydrogen (secondary N) is 1. The lowest BCUT2D eigenvalue weighted by atomic mass is 10.2. The summed E-state index contributed by atoms with van der Waals surface area (Å²) in [7, 11) is 2.14. The van der Waals surface area contributed by atoms with Crippen molar-refractivity contribution < 1.29 is 14.0 Å². The molecule has 2 aliphatic heterocycles. The molecule has 0 spiro atoms. The first kappa shape index (κ1) is 19.3. The summed E-state index contributed by atoms with van der Waals surface area (Å²) in [6.45, 7) is 6.14. The molecule has 2 saturated heterocycles. The van der Waals surface area contributed by atoms with E-state index in [0.717, 1.165) is 31.9 Å². The minimum absolute atomic E-state index is 0.130. The number of anilines is 2. The van der Waals surface area contributed by atoms with Crippen LogP contribution in [-0.2, 0) is 0 Å². The summed E-state index contributed by atoms with van der Waals surface area (Å²) in [4.78, 5) is 33.0. The highest BCUT2D eigenvalue weighted by Crippen LogP contribution is 2.20. The molecule has 0 bridgehead atoms. The molecule has 3 heterocycles. The Morgan fingerprint density at radius 1 is 0.862 bits per heavy atom. The SMILES string of the molecule is CN1CCN(c2ccc(NC(=O)N3CCN(C(=O)c4ccco4)CC3)cc2)CC1. The van der Waals surface area contributed by atoms with Crippen molar-refractivity contribution in [3.8, 4) is 0 Å². The molecular weight excluding hydrogens is 370 g/mol. The van der Waals surface area contributed by atoms with Crippen molar-refractivity contribution in [2.75, 3.05) is 69.6 Å². The zero-order chi connectivity index (χ0) is 20.2. The minimum atomic E-state index is -0.137. The molecule has 154 valence electrons. The fraction of sp³-hybridized carbons (Fsp3) is 0.429. The van der Waals surface area contributed by atoms with Gasteiger partial charge < -0.3 is 29.3 Å². The van der Waals surface area contributed by atoms with E-state index in [9.17, 15) is 9.59 Å². The van der Waals surface area contributed by atoms with Crippen LogP contribution >= 0.6 is 0 Å². The van der Waals surface area contributed by atoms with Gasteiger partial charge in [0.05, 0.1) is 6.26 Å². The molecule has 0 saturated carbocycles. The Kier molecular flexibility index (Phi) is 5.71. The molecule has 29 heavy (non-hydrogen) atoms. The molecule has 1 N–H and O–H groups in total. The van der Waals surface area contributed by atoms with Crippen LogP contribution < -0.4 is 10.2 Å². The summed E-state index contributed by atoms with van der Waals surface area (Å²) in [5.74, 6) is 0.206. The zero-order valence-electron chi connectivity index (χ0n) is 16.7. The number of likely N-dealkylation sites (N-methyl/N-ethyl adjacent to an activating group) is 1. The summed E-state index contributed by atoms with van der Waals surface area (Å²) < 4.78 is 5.17. The van der Waals surface area contributed by atoms with Gasteiger partial charge in [-0.25, -0.2) is 4.79 Å². The van der Waals surface area contributed by atoms with Crippen molar-refractivity contribution in [2.24, 2.45) is 0 Å². The number of benzene rings is 1. The van der Waals surface area contributed by atoms with Crippen LogP contribution in [-0.4, -0.2) is 86.0 Å². The van der Waals surface area contributed by atoms with Gasteiger partial charge in [0.15, 0.2) is 5.76 Å². The van der Waals surface area contributed by atoms with E-state index in [1.165, 1.54) is 12.0 Å². The number of hydrogen-bond donors (Lipinski definition) is 1. The lowest BCUT2D eigenvalue weighted by Crippen LogP contribution is -2.51. The molecule has 8 heteroatoms. The van der Waals surface area contributed by atoms with E-state index in [1.54, 1.807) is 21.9 Å². The van der Waals surface area contributed by atoms with Crippen molar-refractivity contribution in [1.29, 1.82) is 0 Å². The van der Waals surface area contributed by atoms with E-state index in [2.05, 4.69) is 34.3 Å². The van der Waals surface area contributed by atoms with Crippen molar-refractivity contribution in [1.82, 2.24) is 14.7 Å². The van der Waals surface area contributed by atoms with E-state index >= 15 is 0 Å². The lowest BCUT2D eigenvalue weighted by Gasteiger charge is -2.34. The molecule has 8 nitrogen and oxygen atoms in total. The monoisotopic (exact) mass is 397 g/mol. The second-order valence-corrected chi connectivity index (χ2v) is 7.52. The quantitative estimate of drug-likeness (QED) is 0.858. The van der Waals surface area contributed by atoms with Gasteiger partial charge in [-0.3, -0.25) is 4.79 Å². The topological polar surface area (TPSA) is 72.3 Å². The Bertz CT molecular complexity index is 821. The summed E-state index contributed by atoms with van der Waals surface area (Å²) in [6.07, 6.45) is 1.49. The maximum atomic E-state index is 12.6. The van der Waals surface area contributed by atoms with Gasteiger partial charge in [0.2, 0.25) is 0 Å². The highest BCUT2D eigenvalue weighted by molar-refractivity contribution is 5.92. The van der Waals surface area contributed by atoms with E-state index in [4.69, 9.17) is 4.42 Å². The smallest absolute Gasteiger partial charge is 0.321 e. The minimum Gasteiger partial charge on any atom is -0.459 e. The maximum absolute atomic E-state index is 12.6. The van der Waals surface area contributed by atoms with E-state index < -0.39 is 0 Å². The summed E-state index contributed by atoms with van der Waals surface area (Å²) in [5.41, 5.74) is 1.96. The molecule has 2 fully saturated rings. The zero-order valence-corrected chi connectivity index (χ0v) is 16.7. The second kappa shape index (κ2) is 8.57. The van der Waals surface area contributed by atoms with Gasteiger partial charge in [0.1, 0.15) is 0 Å². The van der Waals surface area contributed by atoms with Crippen LogP contribution in [0.25, 0.3) is 0 Å². The fourth-order valence-corrected chi connectivity index (χ4v) is 3.69. The van der Waals surface area contributed by atoms with Crippen molar-refractivity contribution in [3.63, 3.8) is 0 Å². The Morgan fingerprint density at radius 3 is 2.14 bits per heavy atom. The highest BCUT2D eigenvalue weighted by Gasteiger charge is 2.26. The molecule has 1 aromatic carbocycles. The van der Waals surface area contributed by atoms with Crippen molar-refractivity contribution >= 4 is 23.3 Å². The molecule has 4 rings (SSSR count). The molecular formula is C21H27N5O3. The third kappa shape index (κ3) is 4.54. The van der Waals surface area contributed by atoms with Crippen LogP contribution in [0.15, 0.2) is 47.1 Å². The van der Waals surface area contributed by atoms with E-state index in [0.29, 0.717) is 31.9 Å². The average molecular weight is 397 g/mol. The predicted molar refractivity (Wildman–Crippen MR) is 111 cm³/mol. The van der Waals surface area contributed by atoms with Crippen molar-refractivity contribution in [2.45, 2.75) is 0 Å². The Balaban J connectivity index is 1.27. The first-order chi connectivity index (χ1) is 14.1. The van der Waals surface area contributed by atoms with E-state index in [1.807, 2.05) is 12.1 Å². The van der Waals surface area contributed by atoms with Crippen molar-refractivity contribution in [3.05, 3.63) is 48.4 Å². The van der Waals surface area contributed by atoms with Crippen LogP contribution in [0.4, 0.5) is 16.2 Å². The second-order valence-electron chi connectivity index (χ2n) is 7.52. The number of urea groups is 1. The molecule has 2 aliphatic rings. The van der Waals surface area contributed by atoms with Crippen LogP contribution in [0.2, 0.25) is 0 Å². The summed E-state index contributed by atoms with van der Waals surface area (Å²) in [6, 6.07) is 11.2. The number of nitrogens with zero attached hydrogens (tertiary/aromatic N) is 4. The summed E-state index contributed by atoms with van der Waals surface area (Å²) in [5, 5.41) is 2.96. The van der Waals surface area contributed by atoms with Crippen LogP contribution in [0.5, 0.6) is 0 Å². The summed E-state index contributed by atoms with van der Waals surface area (Å²) >= 11 is 0. The number of hydrogen-bond acceptors (Lipinski definition) is 5. The molecule has 1 aromatic heterocycles. The molecule has 2 aromatic rings. The standard InChI is InChI=1S/C21H27N5O3/c1-23-8-10-24(11-9-23)18-6-4-17(5-7-18)22-21(28)26-14-12-25(13-15-26)20(27)19-3-2-16-29-19/h2-7,16H,8-15H2,1H3,(H,22,28). The Morgan fingerprint density at radius 2 is 1.52 bits per heavy atom. The number of piperazine rings is 2. The fourth-order valence-electron chi connectivity index (χ4n) is 3.69. The average Bonchev–Trinajstić information content (AvgIpc) is 3.29. The van der Waals surface area contributed by atoms with Gasteiger partial charge in [-0.2, -0.15) is 0 Å². The number of furan rings is 1. The normalized spacial score (nSPS) is 18.0. The number of carbonyl (C=O) groups is 2. The number of carbonyl (C=O) groups excluding carboxylic acids is 2. The molecule has 0 unspecified atom stereocenters. The van der Waals surface area contributed by atoms with Crippen LogP contribution in [0.1, 0.15) is 10.6 Å². The third-order valence-electron chi connectivity index (χ3n) is 5.57. The van der Waals surface area contributed by atoms with Gasteiger partial charge in [0.25, 0.3) is 5.91 Å². The first-order valence-electron chi connectivity index (χ1n) is 10.0. The molecule has 0 radical (unpaired) electrons. The largest absolute Gasteiger partial charge is 0.459 e. The lowest BCUT2D eigenvalue weighted by molar-refractivity contribution is 0.0640. The first-order valence-corrected chi connectivity index (χ1v) is 10.0.